The van der Waals surface area contributed by atoms with Crippen molar-refractivity contribution in [2.24, 2.45) is 5.14 Å². The molecule has 2 aromatic rings. The number of unbranched alkanes of at least 4 members (excludes halogenated alkanes) is 1. The lowest BCUT2D eigenvalue weighted by Gasteiger charge is -2.10. The molecule has 8 heteroatoms. The third-order valence-corrected chi connectivity index (χ3v) is 3.98. The minimum Gasteiger partial charge on any atom is -0.397 e. The quantitative estimate of drug-likeness (QED) is 0.521. The van der Waals surface area contributed by atoms with Gasteiger partial charge in [-0.1, -0.05) is 0 Å². The first-order valence-corrected chi connectivity index (χ1v) is 8.13. The Morgan fingerprint density at radius 2 is 2.10 bits per heavy atom. The summed E-state index contributed by atoms with van der Waals surface area (Å²) >= 11 is 0. The van der Waals surface area contributed by atoms with Crippen molar-refractivity contribution in [3.63, 3.8) is 0 Å². The van der Waals surface area contributed by atoms with Crippen LogP contribution < -0.4 is 16.2 Å². The number of hydrogen-bond donors (Lipinski definition) is 3. The molecule has 0 aliphatic carbocycles. The molecule has 21 heavy (non-hydrogen) atoms. The summed E-state index contributed by atoms with van der Waals surface area (Å²) in [5.74, 6) is 0. The van der Waals surface area contributed by atoms with Gasteiger partial charge in [0.25, 0.3) is 0 Å². The standard InChI is InChI=1S/C13H19N5O2S/c14-12-4-3-11(21(15,19)20)9-13(12)17-5-1-2-7-18-8-6-16-10-18/h3-4,6,8-10,17H,1-2,5,7,14H2,(H2,15,19,20). The summed E-state index contributed by atoms with van der Waals surface area (Å²) in [4.78, 5) is 4.03. The fourth-order valence-electron chi connectivity index (χ4n) is 1.93. The van der Waals surface area contributed by atoms with E-state index in [1.54, 1.807) is 12.5 Å². The molecule has 0 amide bonds. The Balaban J connectivity index is 1.85. The van der Waals surface area contributed by atoms with Gasteiger partial charge in [0.1, 0.15) is 0 Å². The molecular formula is C13H19N5O2S. The number of rotatable bonds is 7. The van der Waals surface area contributed by atoms with Gasteiger partial charge in [-0.2, -0.15) is 0 Å². The molecule has 7 nitrogen and oxygen atoms in total. The molecule has 0 fully saturated rings. The topological polar surface area (TPSA) is 116 Å². The predicted octanol–water partition coefficient (Wildman–Crippen LogP) is 1.00. The molecule has 5 N–H and O–H groups in total. The first-order valence-electron chi connectivity index (χ1n) is 6.59. The first kappa shape index (κ1) is 15.3. The van der Waals surface area contributed by atoms with Crippen molar-refractivity contribution in [2.75, 3.05) is 17.6 Å². The predicted molar refractivity (Wildman–Crippen MR) is 82.2 cm³/mol. The molecule has 1 aromatic carbocycles. The minimum atomic E-state index is -3.71. The SMILES string of the molecule is Nc1ccc(S(N)(=O)=O)cc1NCCCCn1ccnc1. The number of aryl methyl sites for hydroxylation is 1. The number of aromatic nitrogens is 2. The van der Waals surface area contributed by atoms with E-state index in [2.05, 4.69) is 10.3 Å². The van der Waals surface area contributed by atoms with Gasteiger partial charge in [0, 0.05) is 25.5 Å². The average molecular weight is 309 g/mol. The Hall–Kier alpha value is -2.06. The van der Waals surface area contributed by atoms with Crippen LogP contribution in [0, 0.1) is 0 Å². The van der Waals surface area contributed by atoms with Crippen molar-refractivity contribution in [3.05, 3.63) is 36.9 Å². The molecule has 0 aliphatic heterocycles. The number of imidazole rings is 1. The molecular weight excluding hydrogens is 290 g/mol. The van der Waals surface area contributed by atoms with Crippen LogP contribution in [0.5, 0.6) is 0 Å². The van der Waals surface area contributed by atoms with Crippen molar-refractivity contribution >= 4 is 21.4 Å². The van der Waals surface area contributed by atoms with E-state index in [0.29, 0.717) is 17.9 Å². The van der Waals surface area contributed by atoms with E-state index in [1.807, 2.05) is 10.8 Å². The van der Waals surface area contributed by atoms with Crippen LogP contribution in [0.25, 0.3) is 0 Å². The van der Waals surface area contributed by atoms with Crippen LogP contribution in [0.2, 0.25) is 0 Å². The molecule has 2 rings (SSSR count). The summed E-state index contributed by atoms with van der Waals surface area (Å²) in [6.45, 7) is 1.60. The van der Waals surface area contributed by atoms with E-state index in [0.717, 1.165) is 19.4 Å². The number of sulfonamides is 1. The molecule has 0 aliphatic rings. The Labute approximate surface area is 124 Å². The Morgan fingerprint density at radius 3 is 2.76 bits per heavy atom. The van der Waals surface area contributed by atoms with E-state index >= 15 is 0 Å². The molecule has 1 aromatic heterocycles. The van der Waals surface area contributed by atoms with Gasteiger partial charge in [0.05, 0.1) is 22.6 Å². The van der Waals surface area contributed by atoms with Gasteiger partial charge in [-0.3, -0.25) is 0 Å². The normalized spacial score (nSPS) is 11.5. The number of primary sulfonamides is 1. The maximum absolute atomic E-state index is 11.3. The van der Waals surface area contributed by atoms with E-state index in [4.69, 9.17) is 10.9 Å². The third-order valence-electron chi connectivity index (χ3n) is 3.07. The van der Waals surface area contributed by atoms with Gasteiger partial charge >= 0.3 is 0 Å². The van der Waals surface area contributed by atoms with Gasteiger partial charge in [0.2, 0.25) is 10.0 Å². The van der Waals surface area contributed by atoms with E-state index in [9.17, 15) is 8.42 Å². The number of nitrogen functional groups attached to an aromatic ring is 1. The average Bonchev–Trinajstić information content (AvgIpc) is 2.92. The summed E-state index contributed by atoms with van der Waals surface area (Å²) in [5, 5.41) is 8.24. The first-order chi connectivity index (χ1) is 9.97. The lowest BCUT2D eigenvalue weighted by Crippen LogP contribution is -2.13. The maximum Gasteiger partial charge on any atom is 0.238 e. The van der Waals surface area contributed by atoms with Gasteiger partial charge in [-0.05, 0) is 31.0 Å². The molecule has 0 saturated heterocycles. The summed E-state index contributed by atoms with van der Waals surface area (Å²) in [7, 11) is -3.71. The third kappa shape index (κ3) is 4.47. The fraction of sp³-hybridized carbons (Fsp3) is 0.308. The summed E-state index contributed by atoms with van der Waals surface area (Å²) in [6, 6.07) is 4.39. The highest BCUT2D eigenvalue weighted by Crippen LogP contribution is 2.22. The van der Waals surface area contributed by atoms with Gasteiger partial charge < -0.3 is 15.6 Å². The summed E-state index contributed by atoms with van der Waals surface area (Å²) < 4.78 is 24.6. The number of nitrogens with zero attached hydrogens (tertiary/aromatic N) is 2. The number of nitrogens with one attached hydrogen (secondary N) is 1. The van der Waals surface area contributed by atoms with E-state index in [-0.39, 0.29) is 4.90 Å². The second kappa shape index (κ2) is 6.59. The Kier molecular flexibility index (Phi) is 4.81. The number of benzene rings is 1. The fourth-order valence-corrected chi connectivity index (χ4v) is 2.47. The van der Waals surface area contributed by atoms with Crippen molar-refractivity contribution in [1.29, 1.82) is 0 Å². The van der Waals surface area contributed by atoms with Gasteiger partial charge in [-0.25, -0.2) is 18.5 Å². The Bertz CT molecular complexity index is 683. The van der Waals surface area contributed by atoms with Gasteiger partial charge in [0.15, 0.2) is 0 Å². The van der Waals surface area contributed by atoms with Crippen LogP contribution in [-0.2, 0) is 16.6 Å². The van der Waals surface area contributed by atoms with Crippen LogP contribution in [0.1, 0.15) is 12.8 Å². The lowest BCUT2D eigenvalue weighted by atomic mass is 10.2. The van der Waals surface area contributed by atoms with Crippen LogP contribution in [0.4, 0.5) is 11.4 Å². The molecule has 114 valence electrons. The molecule has 0 radical (unpaired) electrons. The summed E-state index contributed by atoms with van der Waals surface area (Å²) in [5.41, 5.74) is 6.90. The van der Waals surface area contributed by atoms with Crippen molar-refractivity contribution in [1.82, 2.24) is 9.55 Å². The second-order valence-electron chi connectivity index (χ2n) is 4.73. The van der Waals surface area contributed by atoms with Crippen molar-refractivity contribution < 1.29 is 8.42 Å². The molecule has 0 saturated carbocycles. The largest absolute Gasteiger partial charge is 0.397 e. The van der Waals surface area contributed by atoms with E-state index in [1.165, 1.54) is 18.2 Å². The number of hydrogen-bond acceptors (Lipinski definition) is 5. The highest BCUT2D eigenvalue weighted by Gasteiger charge is 2.09. The molecule has 0 unspecified atom stereocenters. The van der Waals surface area contributed by atoms with Crippen LogP contribution in [0.15, 0.2) is 41.8 Å². The van der Waals surface area contributed by atoms with Crippen molar-refractivity contribution in [2.45, 2.75) is 24.3 Å². The number of nitrogens with two attached hydrogens (primary N) is 2. The lowest BCUT2D eigenvalue weighted by molar-refractivity contribution is 0.598. The second-order valence-corrected chi connectivity index (χ2v) is 6.29. The van der Waals surface area contributed by atoms with Crippen LogP contribution in [0.3, 0.4) is 0 Å². The molecule has 1 heterocycles. The number of anilines is 2. The Morgan fingerprint density at radius 1 is 1.29 bits per heavy atom. The maximum atomic E-state index is 11.3. The van der Waals surface area contributed by atoms with Crippen LogP contribution >= 0.6 is 0 Å². The van der Waals surface area contributed by atoms with Crippen LogP contribution in [-0.4, -0.2) is 24.5 Å². The highest BCUT2D eigenvalue weighted by molar-refractivity contribution is 7.89. The monoisotopic (exact) mass is 309 g/mol. The zero-order valence-electron chi connectivity index (χ0n) is 11.6. The van der Waals surface area contributed by atoms with Gasteiger partial charge in [-0.15, -0.1) is 0 Å². The zero-order valence-corrected chi connectivity index (χ0v) is 12.4. The smallest absolute Gasteiger partial charge is 0.238 e. The summed E-state index contributed by atoms with van der Waals surface area (Å²) in [6.07, 6.45) is 7.36. The highest BCUT2D eigenvalue weighted by atomic mass is 32.2. The zero-order chi connectivity index (χ0) is 15.3. The minimum absolute atomic E-state index is 0.0533. The van der Waals surface area contributed by atoms with E-state index < -0.39 is 10.0 Å². The molecule has 0 spiro atoms. The molecule has 0 atom stereocenters. The van der Waals surface area contributed by atoms with Crippen molar-refractivity contribution in [3.8, 4) is 0 Å². The molecule has 0 bridgehead atoms.